The van der Waals surface area contributed by atoms with Crippen LogP contribution in [0.3, 0.4) is 0 Å². The van der Waals surface area contributed by atoms with Crippen LogP contribution in [0.1, 0.15) is 52.1 Å². The standard InChI is InChI=1S/C23H27F2N3O4/c1-14-10-16(4-5-20(14)32-13-21(24)25)15(2)28-12-18-17(23(28)31)6-8-26-19(18)11-22(30)27-7-3-9-29/h4-6,8,10,15,21,29H,3,7,9,11-13H2,1-2H3,(H,27,30). The SMILES string of the molecule is Cc1cc(C(C)N2Cc3c(ccnc3CC(=O)NCCCO)C2=O)ccc1OCC(F)F. The molecule has 1 aromatic carbocycles. The van der Waals surface area contributed by atoms with E-state index in [0.717, 1.165) is 11.1 Å². The van der Waals surface area contributed by atoms with Gasteiger partial charge in [-0.1, -0.05) is 12.1 Å². The van der Waals surface area contributed by atoms with Crippen molar-refractivity contribution in [2.45, 2.75) is 45.7 Å². The molecule has 1 aromatic heterocycles. The molecule has 172 valence electrons. The molecule has 1 unspecified atom stereocenters. The summed E-state index contributed by atoms with van der Waals surface area (Å²) in [6.45, 7) is 3.70. The highest BCUT2D eigenvalue weighted by Crippen LogP contribution is 2.34. The van der Waals surface area contributed by atoms with Gasteiger partial charge in [-0.05, 0) is 43.5 Å². The predicted molar refractivity (Wildman–Crippen MR) is 114 cm³/mol. The molecule has 1 aliphatic heterocycles. The summed E-state index contributed by atoms with van der Waals surface area (Å²) in [5.74, 6) is 0.0248. The third-order valence-electron chi connectivity index (χ3n) is 5.46. The van der Waals surface area contributed by atoms with Crippen LogP contribution in [-0.4, -0.2) is 53.0 Å². The zero-order chi connectivity index (χ0) is 23.3. The van der Waals surface area contributed by atoms with Gasteiger partial charge in [0.25, 0.3) is 12.3 Å². The minimum atomic E-state index is -2.55. The fraction of sp³-hybridized carbons (Fsp3) is 0.435. The van der Waals surface area contributed by atoms with Gasteiger partial charge in [-0.25, -0.2) is 8.78 Å². The average Bonchev–Trinajstić information content (AvgIpc) is 3.10. The number of aromatic nitrogens is 1. The molecular weight excluding hydrogens is 420 g/mol. The molecule has 0 saturated carbocycles. The number of rotatable bonds is 10. The molecular formula is C23H27F2N3O4. The molecule has 2 amide bonds. The number of carbonyl (C=O) groups is 2. The van der Waals surface area contributed by atoms with E-state index in [1.54, 1.807) is 30.0 Å². The molecule has 2 N–H and O–H groups in total. The summed E-state index contributed by atoms with van der Waals surface area (Å²) in [5, 5.41) is 11.6. The van der Waals surface area contributed by atoms with Crippen LogP contribution in [0.2, 0.25) is 0 Å². The molecule has 1 aliphatic rings. The van der Waals surface area contributed by atoms with Crippen molar-refractivity contribution in [3.8, 4) is 5.75 Å². The molecule has 0 fully saturated rings. The molecule has 9 heteroatoms. The maximum Gasteiger partial charge on any atom is 0.272 e. The Morgan fingerprint density at radius 2 is 2.12 bits per heavy atom. The fourth-order valence-electron chi connectivity index (χ4n) is 3.72. The second-order valence-corrected chi connectivity index (χ2v) is 7.72. The molecule has 1 atom stereocenters. The molecule has 7 nitrogen and oxygen atoms in total. The van der Waals surface area contributed by atoms with E-state index in [1.165, 1.54) is 6.20 Å². The van der Waals surface area contributed by atoms with Crippen LogP contribution in [-0.2, 0) is 17.8 Å². The summed E-state index contributed by atoms with van der Waals surface area (Å²) < 4.78 is 30.0. The first-order valence-electron chi connectivity index (χ1n) is 10.5. The number of aryl methyl sites for hydroxylation is 1. The van der Waals surface area contributed by atoms with Crippen LogP contribution in [0.5, 0.6) is 5.75 Å². The molecule has 3 rings (SSSR count). The number of aliphatic hydroxyl groups is 1. The lowest BCUT2D eigenvalue weighted by molar-refractivity contribution is -0.120. The molecule has 0 saturated heterocycles. The highest BCUT2D eigenvalue weighted by Gasteiger charge is 2.33. The third-order valence-corrected chi connectivity index (χ3v) is 5.46. The zero-order valence-corrected chi connectivity index (χ0v) is 18.1. The van der Waals surface area contributed by atoms with Gasteiger partial charge < -0.3 is 20.1 Å². The minimum absolute atomic E-state index is 0.000582. The Morgan fingerprint density at radius 3 is 2.81 bits per heavy atom. The number of ether oxygens (including phenoxy) is 1. The van der Waals surface area contributed by atoms with Crippen LogP contribution in [0.4, 0.5) is 8.78 Å². The van der Waals surface area contributed by atoms with Crippen molar-refractivity contribution in [2.24, 2.45) is 0 Å². The summed E-state index contributed by atoms with van der Waals surface area (Å²) in [7, 11) is 0. The lowest BCUT2D eigenvalue weighted by Gasteiger charge is -2.25. The largest absolute Gasteiger partial charge is 0.487 e. The average molecular weight is 447 g/mol. The normalized spacial score (nSPS) is 13.9. The molecule has 32 heavy (non-hydrogen) atoms. The monoisotopic (exact) mass is 447 g/mol. The first kappa shape index (κ1) is 23.6. The van der Waals surface area contributed by atoms with Crippen LogP contribution in [0, 0.1) is 6.92 Å². The van der Waals surface area contributed by atoms with E-state index in [-0.39, 0.29) is 30.9 Å². The summed E-state index contributed by atoms with van der Waals surface area (Å²) in [6.07, 6.45) is -0.491. The quantitative estimate of drug-likeness (QED) is 0.547. The second-order valence-electron chi connectivity index (χ2n) is 7.72. The summed E-state index contributed by atoms with van der Waals surface area (Å²) >= 11 is 0. The Bertz CT molecular complexity index is 984. The van der Waals surface area contributed by atoms with E-state index in [9.17, 15) is 18.4 Å². The molecule has 0 aliphatic carbocycles. The van der Waals surface area contributed by atoms with Crippen LogP contribution >= 0.6 is 0 Å². The van der Waals surface area contributed by atoms with Gasteiger partial charge in [-0.15, -0.1) is 0 Å². The molecule has 2 heterocycles. The van der Waals surface area contributed by atoms with Gasteiger partial charge in [0, 0.05) is 37.0 Å². The van der Waals surface area contributed by atoms with Crippen LogP contribution in [0.25, 0.3) is 0 Å². The smallest absolute Gasteiger partial charge is 0.272 e. The maximum atomic E-state index is 13.1. The summed E-state index contributed by atoms with van der Waals surface area (Å²) in [6, 6.07) is 6.62. The number of pyridine rings is 1. The molecule has 0 radical (unpaired) electrons. The minimum Gasteiger partial charge on any atom is -0.487 e. The maximum absolute atomic E-state index is 13.1. The van der Waals surface area contributed by atoms with Gasteiger partial charge >= 0.3 is 0 Å². The Morgan fingerprint density at radius 1 is 1.34 bits per heavy atom. The van der Waals surface area contributed by atoms with Gasteiger partial charge in [0.05, 0.1) is 18.2 Å². The lowest BCUT2D eigenvalue weighted by Crippen LogP contribution is -2.28. The fourth-order valence-corrected chi connectivity index (χ4v) is 3.72. The van der Waals surface area contributed by atoms with Crippen molar-refractivity contribution >= 4 is 11.8 Å². The van der Waals surface area contributed by atoms with Gasteiger partial charge in [0.1, 0.15) is 12.4 Å². The first-order valence-corrected chi connectivity index (χ1v) is 10.5. The van der Waals surface area contributed by atoms with Crippen molar-refractivity contribution in [2.75, 3.05) is 19.8 Å². The Balaban J connectivity index is 1.73. The van der Waals surface area contributed by atoms with Gasteiger partial charge in [-0.2, -0.15) is 0 Å². The lowest BCUT2D eigenvalue weighted by atomic mass is 10.0. The zero-order valence-electron chi connectivity index (χ0n) is 18.1. The summed E-state index contributed by atoms with van der Waals surface area (Å²) in [4.78, 5) is 31.2. The van der Waals surface area contributed by atoms with Crippen molar-refractivity contribution in [3.05, 3.63) is 58.4 Å². The van der Waals surface area contributed by atoms with E-state index in [1.807, 2.05) is 13.0 Å². The van der Waals surface area contributed by atoms with E-state index in [4.69, 9.17) is 9.84 Å². The second kappa shape index (κ2) is 10.5. The number of fused-ring (bicyclic) bond motifs is 1. The number of hydrogen-bond acceptors (Lipinski definition) is 5. The van der Waals surface area contributed by atoms with E-state index in [0.29, 0.717) is 42.1 Å². The number of benzene rings is 1. The predicted octanol–water partition coefficient (Wildman–Crippen LogP) is 2.79. The molecule has 2 aromatic rings. The Hall–Kier alpha value is -3.07. The van der Waals surface area contributed by atoms with Crippen LogP contribution in [0.15, 0.2) is 30.5 Å². The van der Waals surface area contributed by atoms with Crippen molar-refractivity contribution in [1.29, 1.82) is 0 Å². The highest BCUT2D eigenvalue weighted by molar-refractivity contribution is 5.99. The number of nitrogens with zero attached hydrogens (tertiary/aromatic N) is 2. The molecule has 0 spiro atoms. The Kier molecular flexibility index (Phi) is 7.74. The number of carbonyl (C=O) groups excluding carboxylic acids is 2. The van der Waals surface area contributed by atoms with E-state index in [2.05, 4.69) is 10.3 Å². The Labute approximate surface area is 185 Å². The number of alkyl halides is 2. The molecule has 0 bridgehead atoms. The van der Waals surface area contributed by atoms with Gasteiger partial charge in [-0.3, -0.25) is 14.6 Å². The van der Waals surface area contributed by atoms with Crippen molar-refractivity contribution in [3.63, 3.8) is 0 Å². The van der Waals surface area contributed by atoms with Gasteiger partial charge in [0.2, 0.25) is 5.91 Å². The first-order chi connectivity index (χ1) is 15.3. The number of aliphatic hydroxyl groups excluding tert-OH is 1. The summed E-state index contributed by atoms with van der Waals surface area (Å²) in [5.41, 5.74) is 3.37. The van der Waals surface area contributed by atoms with Gasteiger partial charge in [0.15, 0.2) is 0 Å². The van der Waals surface area contributed by atoms with E-state index >= 15 is 0 Å². The highest BCUT2D eigenvalue weighted by atomic mass is 19.3. The van der Waals surface area contributed by atoms with Crippen molar-refractivity contribution in [1.82, 2.24) is 15.2 Å². The number of halogens is 2. The van der Waals surface area contributed by atoms with Crippen molar-refractivity contribution < 1.29 is 28.2 Å². The third kappa shape index (κ3) is 5.40. The topological polar surface area (TPSA) is 91.8 Å². The van der Waals surface area contributed by atoms with E-state index < -0.39 is 13.0 Å². The number of amides is 2. The van der Waals surface area contributed by atoms with Crippen LogP contribution < -0.4 is 10.1 Å². The number of hydrogen-bond donors (Lipinski definition) is 2. The number of nitrogens with one attached hydrogen (secondary N) is 1.